The van der Waals surface area contributed by atoms with Crippen LogP contribution in [0.5, 0.6) is 0 Å². The van der Waals surface area contributed by atoms with E-state index in [2.05, 4.69) is 20.4 Å². The Morgan fingerprint density at radius 3 is 2.55 bits per heavy atom. The highest BCUT2D eigenvalue weighted by molar-refractivity contribution is 5.69. The summed E-state index contributed by atoms with van der Waals surface area (Å²) in [6.45, 7) is 9.50. The minimum atomic E-state index is -0.761. The maximum atomic E-state index is 12.3. The summed E-state index contributed by atoms with van der Waals surface area (Å²) in [6, 6.07) is 0. The molecule has 31 heavy (non-hydrogen) atoms. The Morgan fingerprint density at radius 2 is 1.77 bits per heavy atom. The average molecular weight is 431 g/mol. The molecule has 0 radical (unpaired) electrons. The molecule has 4 rings (SSSR count). The van der Waals surface area contributed by atoms with Crippen molar-refractivity contribution in [3.05, 3.63) is 12.2 Å². The van der Waals surface area contributed by atoms with E-state index in [9.17, 15) is 9.59 Å². The van der Waals surface area contributed by atoms with Crippen LogP contribution in [0.3, 0.4) is 0 Å². The predicted octanol–water partition coefficient (Wildman–Crippen LogP) is 6.53. The van der Waals surface area contributed by atoms with Gasteiger partial charge < -0.3 is 9.84 Å². The molecular weight excluding hydrogens is 388 g/mol. The molecule has 4 fully saturated rings. The largest absolute Gasteiger partial charge is 0.481 e. The third kappa shape index (κ3) is 4.33. The van der Waals surface area contributed by atoms with Crippen molar-refractivity contribution in [1.29, 1.82) is 0 Å². The lowest BCUT2D eigenvalue weighted by atomic mass is 9.45. The van der Waals surface area contributed by atoms with E-state index in [0.717, 1.165) is 43.4 Å². The number of hydrogen-bond donors (Lipinski definition) is 1. The molecule has 0 aromatic carbocycles. The number of carbonyl (C=O) groups excluding carboxylic acids is 1. The summed E-state index contributed by atoms with van der Waals surface area (Å²) in [5.74, 6) is 2.38. The first kappa shape index (κ1) is 22.9. The lowest BCUT2D eigenvalue weighted by Crippen LogP contribution is -2.53. The molecule has 4 saturated carbocycles. The number of allylic oxidation sites excluding steroid dienone is 1. The minimum Gasteiger partial charge on any atom is -0.481 e. The van der Waals surface area contributed by atoms with E-state index in [-0.39, 0.29) is 18.5 Å². The number of ether oxygens (including phenoxy) is 1. The van der Waals surface area contributed by atoms with Crippen molar-refractivity contribution in [2.24, 2.45) is 34.5 Å². The van der Waals surface area contributed by atoms with Gasteiger partial charge in [0.15, 0.2) is 0 Å². The highest BCUT2D eigenvalue weighted by Crippen LogP contribution is 2.67. The zero-order chi connectivity index (χ0) is 22.2. The molecule has 0 spiro atoms. The Hall–Kier alpha value is -1.32. The number of carboxylic acid groups (broad SMARTS) is 1. The standard InChI is InChI=1S/C27H42O4/c1-18-9-12-22-21-11-10-19-17-20(31-25(30)8-6-4-5-7-24(28)29)13-15-27(19,3)23(21)14-16-26(18,22)2/h19-23H,1,4-17H2,2-3H3,(H,28,29)/t19-,20-,21+,22+,23+,26-,27+/m1/s1. The second-order valence-electron chi connectivity index (χ2n) is 11.6. The second-order valence-corrected chi connectivity index (χ2v) is 11.6. The van der Waals surface area contributed by atoms with Crippen molar-refractivity contribution in [3.63, 3.8) is 0 Å². The molecule has 0 saturated heterocycles. The first-order valence-corrected chi connectivity index (χ1v) is 12.8. The Morgan fingerprint density at radius 1 is 1.00 bits per heavy atom. The third-order valence-electron chi connectivity index (χ3n) is 10.1. The lowest BCUT2D eigenvalue weighted by Gasteiger charge is -2.60. The van der Waals surface area contributed by atoms with E-state index in [1.807, 2.05) is 0 Å². The Bertz CT molecular complexity index is 714. The van der Waals surface area contributed by atoms with Crippen LogP contribution in [0.15, 0.2) is 12.2 Å². The van der Waals surface area contributed by atoms with Crippen molar-refractivity contribution in [2.45, 2.75) is 110 Å². The van der Waals surface area contributed by atoms with E-state index < -0.39 is 5.97 Å². The summed E-state index contributed by atoms with van der Waals surface area (Å²) >= 11 is 0. The number of carboxylic acids is 1. The molecule has 0 unspecified atom stereocenters. The zero-order valence-corrected chi connectivity index (χ0v) is 19.7. The Kier molecular flexibility index (Phi) is 6.57. The van der Waals surface area contributed by atoms with Crippen LogP contribution in [0.25, 0.3) is 0 Å². The maximum absolute atomic E-state index is 12.3. The average Bonchev–Trinajstić information content (AvgIpc) is 3.02. The minimum absolute atomic E-state index is 0.0845. The number of unbranched alkanes of at least 4 members (excludes halogenated alkanes) is 2. The number of hydrogen-bond acceptors (Lipinski definition) is 3. The highest BCUT2D eigenvalue weighted by atomic mass is 16.5. The summed E-state index contributed by atoms with van der Waals surface area (Å²) in [6.07, 6.45) is 14.0. The number of esters is 1. The van der Waals surface area contributed by atoms with E-state index in [1.54, 1.807) is 0 Å². The molecule has 7 atom stereocenters. The van der Waals surface area contributed by atoms with Crippen LogP contribution in [-0.2, 0) is 14.3 Å². The molecule has 4 aliphatic carbocycles. The second kappa shape index (κ2) is 8.90. The van der Waals surface area contributed by atoms with Gasteiger partial charge in [-0.25, -0.2) is 0 Å². The molecule has 174 valence electrons. The van der Waals surface area contributed by atoms with Gasteiger partial charge in [-0.15, -0.1) is 0 Å². The van der Waals surface area contributed by atoms with Gasteiger partial charge in [-0.05, 0) is 105 Å². The molecule has 0 heterocycles. The smallest absolute Gasteiger partial charge is 0.306 e. The monoisotopic (exact) mass is 430 g/mol. The van der Waals surface area contributed by atoms with Crippen molar-refractivity contribution < 1.29 is 19.4 Å². The number of aliphatic carboxylic acids is 1. The highest BCUT2D eigenvalue weighted by Gasteiger charge is 2.58. The summed E-state index contributed by atoms with van der Waals surface area (Å²) in [7, 11) is 0. The van der Waals surface area contributed by atoms with Gasteiger partial charge in [0.2, 0.25) is 0 Å². The van der Waals surface area contributed by atoms with Crippen LogP contribution in [0.1, 0.15) is 104 Å². The first-order chi connectivity index (χ1) is 14.7. The lowest BCUT2D eigenvalue weighted by molar-refractivity contribution is -0.161. The number of fused-ring (bicyclic) bond motifs is 5. The molecule has 0 bridgehead atoms. The molecule has 1 N–H and O–H groups in total. The van der Waals surface area contributed by atoms with Crippen LogP contribution in [0.2, 0.25) is 0 Å². The van der Waals surface area contributed by atoms with Gasteiger partial charge in [0.05, 0.1) is 0 Å². The van der Waals surface area contributed by atoms with Gasteiger partial charge in [-0.3, -0.25) is 9.59 Å². The van der Waals surface area contributed by atoms with E-state index >= 15 is 0 Å². The van der Waals surface area contributed by atoms with Gasteiger partial charge in [-0.2, -0.15) is 0 Å². The normalized spacial score (nSPS) is 41.7. The first-order valence-electron chi connectivity index (χ1n) is 12.8. The van der Waals surface area contributed by atoms with E-state index in [4.69, 9.17) is 9.84 Å². The van der Waals surface area contributed by atoms with Gasteiger partial charge in [0, 0.05) is 12.8 Å². The SMILES string of the molecule is C=C1CC[C@H]2[C@@H]3CC[C@@H]4C[C@H](OC(=O)CCCCCC(=O)O)CC[C@]4(C)[C@H]3CC[C@]12C. The molecule has 0 aliphatic heterocycles. The number of carbonyl (C=O) groups is 2. The fourth-order valence-electron chi connectivity index (χ4n) is 8.20. The molecule has 4 heteroatoms. The van der Waals surface area contributed by atoms with Gasteiger partial charge >= 0.3 is 11.9 Å². The van der Waals surface area contributed by atoms with Crippen LogP contribution >= 0.6 is 0 Å². The Labute approximate surface area is 188 Å². The Balaban J connectivity index is 1.29. The van der Waals surface area contributed by atoms with Crippen molar-refractivity contribution in [1.82, 2.24) is 0 Å². The van der Waals surface area contributed by atoms with Crippen LogP contribution in [0.4, 0.5) is 0 Å². The zero-order valence-electron chi connectivity index (χ0n) is 19.7. The molecular formula is C27H42O4. The molecule has 4 nitrogen and oxygen atoms in total. The molecule has 0 aromatic heterocycles. The van der Waals surface area contributed by atoms with Crippen molar-refractivity contribution in [3.8, 4) is 0 Å². The predicted molar refractivity (Wildman–Crippen MR) is 121 cm³/mol. The molecule has 4 aliphatic rings. The van der Waals surface area contributed by atoms with Gasteiger partial charge in [0.1, 0.15) is 6.10 Å². The summed E-state index contributed by atoms with van der Waals surface area (Å²) in [4.78, 5) is 22.9. The van der Waals surface area contributed by atoms with E-state index in [1.165, 1.54) is 50.5 Å². The summed E-state index contributed by atoms with van der Waals surface area (Å²) in [5.41, 5.74) is 2.32. The van der Waals surface area contributed by atoms with Crippen LogP contribution in [0, 0.1) is 34.5 Å². The van der Waals surface area contributed by atoms with Crippen molar-refractivity contribution >= 4 is 11.9 Å². The topological polar surface area (TPSA) is 63.6 Å². The van der Waals surface area contributed by atoms with Crippen LogP contribution in [-0.4, -0.2) is 23.1 Å². The van der Waals surface area contributed by atoms with Crippen LogP contribution < -0.4 is 0 Å². The van der Waals surface area contributed by atoms with Gasteiger partial charge in [0.25, 0.3) is 0 Å². The molecule has 0 amide bonds. The maximum Gasteiger partial charge on any atom is 0.306 e. The summed E-state index contributed by atoms with van der Waals surface area (Å²) in [5, 5.41) is 8.70. The van der Waals surface area contributed by atoms with E-state index in [0.29, 0.717) is 29.6 Å². The fraction of sp³-hybridized carbons (Fsp3) is 0.852. The van der Waals surface area contributed by atoms with Gasteiger partial charge in [-0.1, -0.05) is 32.4 Å². The van der Waals surface area contributed by atoms with Crippen molar-refractivity contribution in [2.75, 3.05) is 0 Å². The third-order valence-corrected chi connectivity index (χ3v) is 10.1. The fourth-order valence-corrected chi connectivity index (χ4v) is 8.20. The summed E-state index contributed by atoms with van der Waals surface area (Å²) < 4.78 is 5.88. The quantitative estimate of drug-likeness (QED) is 0.283. The number of rotatable bonds is 7. The molecule has 0 aromatic rings.